The number of primary amides is 1. The third-order valence-corrected chi connectivity index (χ3v) is 3.52. The minimum atomic E-state index is -0.938. The first kappa shape index (κ1) is 14.8. The maximum absolute atomic E-state index is 13.2. The van der Waals surface area contributed by atoms with Crippen LogP contribution in [0.1, 0.15) is 22.1 Å². The summed E-state index contributed by atoms with van der Waals surface area (Å²) in [6.45, 7) is 0. The number of H-pyrrole nitrogens is 1. The van der Waals surface area contributed by atoms with Gasteiger partial charge >= 0.3 is 0 Å². The maximum atomic E-state index is 13.2. The van der Waals surface area contributed by atoms with Crippen molar-refractivity contribution in [3.05, 3.63) is 71.7 Å². The van der Waals surface area contributed by atoms with Gasteiger partial charge in [-0.1, -0.05) is 30.3 Å². The molecule has 3 rings (SSSR count). The van der Waals surface area contributed by atoms with E-state index in [1.165, 1.54) is 18.2 Å². The topological polar surface area (TPSA) is 88.0 Å². The minimum absolute atomic E-state index is 0.229. The van der Waals surface area contributed by atoms with Crippen LogP contribution >= 0.6 is 0 Å². The molecule has 6 heteroatoms. The zero-order valence-electron chi connectivity index (χ0n) is 12.0. The smallest absolute Gasteiger partial charge is 0.268 e. The number of amides is 2. The summed E-state index contributed by atoms with van der Waals surface area (Å²) in [5.41, 5.74) is 6.83. The molecule has 0 saturated heterocycles. The van der Waals surface area contributed by atoms with Crippen LogP contribution in [0.2, 0.25) is 0 Å². The Morgan fingerprint density at radius 2 is 1.83 bits per heavy atom. The lowest BCUT2D eigenvalue weighted by Crippen LogP contribution is -2.37. The molecule has 0 fully saturated rings. The third-order valence-electron chi connectivity index (χ3n) is 3.52. The van der Waals surface area contributed by atoms with Gasteiger partial charge in [0.25, 0.3) is 5.91 Å². The van der Waals surface area contributed by atoms with E-state index in [1.807, 2.05) is 0 Å². The van der Waals surface area contributed by atoms with Crippen LogP contribution in [0.4, 0.5) is 4.39 Å². The number of benzene rings is 2. The van der Waals surface area contributed by atoms with E-state index in [0.29, 0.717) is 16.5 Å². The number of carbonyl (C=O) groups is 2. The monoisotopic (exact) mass is 311 g/mol. The summed E-state index contributed by atoms with van der Waals surface area (Å²) in [5, 5.41) is 3.16. The SMILES string of the molecule is NC(=O)C(NC(=O)c1cc2cc(F)ccc2[nH]1)c1ccccc1. The first-order valence-corrected chi connectivity index (χ1v) is 6.98. The Bertz CT molecular complexity index is 874. The predicted molar refractivity (Wildman–Crippen MR) is 84.1 cm³/mol. The number of nitrogens with one attached hydrogen (secondary N) is 2. The van der Waals surface area contributed by atoms with Crippen LogP contribution in [0.25, 0.3) is 10.9 Å². The van der Waals surface area contributed by atoms with E-state index in [0.717, 1.165) is 0 Å². The van der Waals surface area contributed by atoms with Gasteiger partial charge in [-0.3, -0.25) is 9.59 Å². The fourth-order valence-corrected chi connectivity index (χ4v) is 2.40. The molecule has 23 heavy (non-hydrogen) atoms. The molecule has 4 N–H and O–H groups in total. The Morgan fingerprint density at radius 3 is 2.52 bits per heavy atom. The number of aromatic amines is 1. The molecule has 0 spiro atoms. The van der Waals surface area contributed by atoms with Crippen molar-refractivity contribution in [3.63, 3.8) is 0 Å². The summed E-state index contributed by atoms with van der Waals surface area (Å²) in [6, 6.07) is 13.5. The van der Waals surface area contributed by atoms with Gasteiger partial charge in [-0.25, -0.2) is 4.39 Å². The van der Waals surface area contributed by atoms with Gasteiger partial charge in [0.05, 0.1) is 0 Å². The highest BCUT2D eigenvalue weighted by molar-refractivity contribution is 6.00. The summed E-state index contributed by atoms with van der Waals surface area (Å²) in [4.78, 5) is 26.9. The van der Waals surface area contributed by atoms with E-state index < -0.39 is 17.9 Å². The van der Waals surface area contributed by atoms with Gasteiger partial charge in [0.2, 0.25) is 5.91 Å². The molecule has 0 radical (unpaired) electrons. The van der Waals surface area contributed by atoms with Crippen LogP contribution in [0.5, 0.6) is 0 Å². The fourth-order valence-electron chi connectivity index (χ4n) is 2.40. The van der Waals surface area contributed by atoms with Gasteiger partial charge in [0.15, 0.2) is 0 Å². The number of nitrogens with two attached hydrogens (primary N) is 1. The lowest BCUT2D eigenvalue weighted by atomic mass is 10.1. The standard InChI is InChI=1S/C17H14FN3O2/c18-12-6-7-13-11(8-12)9-14(20-13)17(23)21-15(16(19)22)10-4-2-1-3-5-10/h1-9,15,20H,(H2,19,22)(H,21,23). The molecule has 0 aliphatic carbocycles. The number of halogens is 1. The molecule has 0 saturated carbocycles. The first-order valence-electron chi connectivity index (χ1n) is 6.98. The maximum Gasteiger partial charge on any atom is 0.268 e. The van der Waals surface area contributed by atoms with Crippen LogP contribution in [-0.4, -0.2) is 16.8 Å². The highest BCUT2D eigenvalue weighted by Gasteiger charge is 2.21. The van der Waals surface area contributed by atoms with Gasteiger partial charge in [-0.2, -0.15) is 0 Å². The molecular formula is C17H14FN3O2. The van der Waals surface area contributed by atoms with Crippen LogP contribution in [0.3, 0.4) is 0 Å². The summed E-state index contributed by atoms with van der Waals surface area (Å²) in [6.07, 6.45) is 0. The molecule has 2 aromatic carbocycles. The summed E-state index contributed by atoms with van der Waals surface area (Å²) in [7, 11) is 0. The Morgan fingerprint density at radius 1 is 1.09 bits per heavy atom. The van der Waals surface area contributed by atoms with Crippen LogP contribution < -0.4 is 11.1 Å². The van der Waals surface area contributed by atoms with Crippen molar-refractivity contribution < 1.29 is 14.0 Å². The molecule has 1 unspecified atom stereocenters. The Labute approximate surface area is 131 Å². The van der Waals surface area contributed by atoms with Crippen LogP contribution in [0.15, 0.2) is 54.6 Å². The second kappa shape index (κ2) is 5.92. The summed E-state index contributed by atoms with van der Waals surface area (Å²) in [5.74, 6) is -1.54. The van der Waals surface area contributed by atoms with Gasteiger partial charge < -0.3 is 16.0 Å². The van der Waals surface area contributed by atoms with Gasteiger partial charge in [0, 0.05) is 10.9 Å². The van der Waals surface area contributed by atoms with E-state index >= 15 is 0 Å². The highest BCUT2D eigenvalue weighted by atomic mass is 19.1. The second-order valence-corrected chi connectivity index (χ2v) is 5.13. The minimum Gasteiger partial charge on any atom is -0.368 e. The molecule has 1 aromatic heterocycles. The van der Waals surface area contributed by atoms with E-state index in [9.17, 15) is 14.0 Å². The number of aromatic nitrogens is 1. The zero-order chi connectivity index (χ0) is 16.4. The van der Waals surface area contributed by atoms with E-state index in [1.54, 1.807) is 36.4 Å². The Kier molecular flexibility index (Phi) is 3.80. The van der Waals surface area contributed by atoms with Crippen LogP contribution in [-0.2, 0) is 4.79 Å². The van der Waals surface area contributed by atoms with Crippen molar-refractivity contribution in [3.8, 4) is 0 Å². The average Bonchev–Trinajstić information content (AvgIpc) is 2.96. The van der Waals surface area contributed by atoms with Crippen molar-refractivity contribution in [2.75, 3.05) is 0 Å². The quantitative estimate of drug-likeness (QED) is 0.690. The summed E-state index contributed by atoms with van der Waals surface area (Å²) >= 11 is 0. The van der Waals surface area contributed by atoms with Gasteiger partial charge in [-0.15, -0.1) is 0 Å². The highest BCUT2D eigenvalue weighted by Crippen LogP contribution is 2.18. The molecule has 1 heterocycles. The van der Waals surface area contributed by atoms with Gasteiger partial charge in [-0.05, 0) is 29.8 Å². The molecule has 5 nitrogen and oxygen atoms in total. The number of hydrogen-bond donors (Lipinski definition) is 3. The lowest BCUT2D eigenvalue weighted by molar-refractivity contribution is -0.120. The zero-order valence-corrected chi connectivity index (χ0v) is 12.0. The Hall–Kier alpha value is -3.15. The number of fused-ring (bicyclic) bond motifs is 1. The lowest BCUT2D eigenvalue weighted by Gasteiger charge is -2.15. The molecule has 2 amide bonds. The Balaban J connectivity index is 1.87. The van der Waals surface area contributed by atoms with Crippen molar-refractivity contribution in [2.24, 2.45) is 5.73 Å². The normalized spacial score (nSPS) is 12.0. The van der Waals surface area contributed by atoms with E-state index in [-0.39, 0.29) is 11.5 Å². The average molecular weight is 311 g/mol. The molecule has 116 valence electrons. The molecule has 0 bridgehead atoms. The first-order chi connectivity index (χ1) is 11.0. The summed E-state index contributed by atoms with van der Waals surface area (Å²) < 4.78 is 13.2. The molecule has 3 aromatic rings. The largest absolute Gasteiger partial charge is 0.368 e. The molecular weight excluding hydrogens is 297 g/mol. The predicted octanol–water partition coefficient (Wildman–Crippen LogP) is 2.26. The van der Waals surface area contributed by atoms with Crippen LogP contribution in [0, 0.1) is 5.82 Å². The van der Waals surface area contributed by atoms with E-state index in [2.05, 4.69) is 10.3 Å². The van der Waals surface area contributed by atoms with Crippen molar-refractivity contribution in [1.82, 2.24) is 10.3 Å². The fraction of sp³-hybridized carbons (Fsp3) is 0.0588. The van der Waals surface area contributed by atoms with Crippen molar-refractivity contribution >= 4 is 22.7 Å². The van der Waals surface area contributed by atoms with E-state index in [4.69, 9.17) is 5.73 Å². The number of rotatable bonds is 4. The molecule has 0 aliphatic heterocycles. The second-order valence-electron chi connectivity index (χ2n) is 5.13. The molecule has 0 aliphatic rings. The van der Waals surface area contributed by atoms with Crippen molar-refractivity contribution in [1.29, 1.82) is 0 Å². The van der Waals surface area contributed by atoms with Gasteiger partial charge in [0.1, 0.15) is 17.6 Å². The molecule has 1 atom stereocenters. The number of hydrogen-bond acceptors (Lipinski definition) is 2. The number of carbonyl (C=O) groups excluding carboxylic acids is 2. The third kappa shape index (κ3) is 3.06. The van der Waals surface area contributed by atoms with Crippen molar-refractivity contribution in [2.45, 2.75) is 6.04 Å².